The first-order chi connectivity index (χ1) is 6.41. The molecule has 0 fully saturated rings. The van der Waals surface area contributed by atoms with Crippen molar-refractivity contribution in [3.63, 3.8) is 0 Å². The SMILES string of the molecule is C/C=C(C=O)\C=C/CC(C)C(C)(C)C. The van der Waals surface area contributed by atoms with Crippen molar-refractivity contribution in [2.45, 2.75) is 41.0 Å². The zero-order valence-corrected chi connectivity index (χ0v) is 10.0. The van der Waals surface area contributed by atoms with Gasteiger partial charge < -0.3 is 0 Å². The number of hydrogen-bond acceptors (Lipinski definition) is 1. The predicted molar refractivity (Wildman–Crippen MR) is 62.2 cm³/mol. The number of rotatable bonds is 4. The van der Waals surface area contributed by atoms with E-state index in [0.29, 0.717) is 11.3 Å². The van der Waals surface area contributed by atoms with Crippen molar-refractivity contribution in [2.75, 3.05) is 0 Å². The number of hydrogen-bond donors (Lipinski definition) is 0. The summed E-state index contributed by atoms with van der Waals surface area (Å²) in [5, 5.41) is 0. The van der Waals surface area contributed by atoms with Gasteiger partial charge >= 0.3 is 0 Å². The van der Waals surface area contributed by atoms with Crippen molar-refractivity contribution in [1.82, 2.24) is 0 Å². The largest absolute Gasteiger partial charge is 0.298 e. The Hall–Kier alpha value is -0.850. The lowest BCUT2D eigenvalue weighted by Crippen LogP contribution is -2.16. The summed E-state index contributed by atoms with van der Waals surface area (Å²) in [7, 11) is 0. The summed E-state index contributed by atoms with van der Waals surface area (Å²) in [5.74, 6) is 0.628. The lowest BCUT2D eigenvalue weighted by molar-refractivity contribution is -0.104. The van der Waals surface area contributed by atoms with Crippen molar-refractivity contribution in [2.24, 2.45) is 11.3 Å². The van der Waals surface area contributed by atoms with Crippen LogP contribution in [0.5, 0.6) is 0 Å². The van der Waals surface area contributed by atoms with E-state index in [1.165, 1.54) is 0 Å². The normalized spacial score (nSPS) is 15.9. The zero-order valence-electron chi connectivity index (χ0n) is 10.0. The van der Waals surface area contributed by atoms with E-state index in [2.05, 4.69) is 33.8 Å². The van der Waals surface area contributed by atoms with Gasteiger partial charge in [0.25, 0.3) is 0 Å². The average Bonchev–Trinajstić information content (AvgIpc) is 2.10. The van der Waals surface area contributed by atoms with Gasteiger partial charge in [0.2, 0.25) is 0 Å². The van der Waals surface area contributed by atoms with Crippen LogP contribution in [0.15, 0.2) is 23.8 Å². The number of carbonyl (C=O) groups excluding carboxylic acids is 1. The molecule has 0 heterocycles. The van der Waals surface area contributed by atoms with E-state index >= 15 is 0 Å². The van der Waals surface area contributed by atoms with E-state index in [1.807, 2.05) is 19.1 Å². The molecule has 0 aromatic rings. The number of aldehydes is 1. The van der Waals surface area contributed by atoms with E-state index in [4.69, 9.17) is 0 Å². The molecule has 0 aliphatic rings. The van der Waals surface area contributed by atoms with Gasteiger partial charge in [-0.3, -0.25) is 4.79 Å². The van der Waals surface area contributed by atoms with Crippen molar-refractivity contribution in [1.29, 1.82) is 0 Å². The van der Waals surface area contributed by atoms with Crippen LogP contribution in [0.2, 0.25) is 0 Å². The summed E-state index contributed by atoms with van der Waals surface area (Å²) < 4.78 is 0. The highest BCUT2D eigenvalue weighted by Gasteiger charge is 2.17. The molecule has 0 saturated heterocycles. The maximum Gasteiger partial charge on any atom is 0.149 e. The Morgan fingerprint density at radius 2 is 1.93 bits per heavy atom. The van der Waals surface area contributed by atoms with Gasteiger partial charge in [0.05, 0.1) is 0 Å². The summed E-state index contributed by atoms with van der Waals surface area (Å²) in [6, 6.07) is 0. The molecule has 1 heteroatoms. The van der Waals surface area contributed by atoms with Crippen LogP contribution in [0, 0.1) is 11.3 Å². The highest BCUT2D eigenvalue weighted by Crippen LogP contribution is 2.28. The van der Waals surface area contributed by atoms with Gasteiger partial charge in [-0.25, -0.2) is 0 Å². The monoisotopic (exact) mass is 194 g/mol. The predicted octanol–water partition coefficient (Wildman–Crippen LogP) is 3.76. The van der Waals surface area contributed by atoms with Crippen LogP contribution in [0.4, 0.5) is 0 Å². The van der Waals surface area contributed by atoms with Crippen molar-refractivity contribution >= 4 is 6.29 Å². The maximum atomic E-state index is 10.5. The van der Waals surface area contributed by atoms with Gasteiger partial charge in [0.15, 0.2) is 0 Å². The molecule has 0 saturated carbocycles. The van der Waals surface area contributed by atoms with Gasteiger partial charge in [0, 0.05) is 5.57 Å². The van der Waals surface area contributed by atoms with Crippen LogP contribution in [0.1, 0.15) is 41.0 Å². The van der Waals surface area contributed by atoms with Crippen LogP contribution >= 0.6 is 0 Å². The van der Waals surface area contributed by atoms with E-state index in [9.17, 15) is 4.79 Å². The Bertz CT molecular complexity index is 228. The standard InChI is InChI=1S/C13H22O/c1-6-12(10-14)9-7-8-11(2)13(3,4)5/h6-7,9-11H,8H2,1-5H3/b9-7-,12-6+. The fourth-order valence-electron chi connectivity index (χ4n) is 0.965. The summed E-state index contributed by atoms with van der Waals surface area (Å²) in [6.07, 6.45) is 7.72. The van der Waals surface area contributed by atoms with Crippen LogP contribution in [-0.4, -0.2) is 6.29 Å². The molecule has 0 N–H and O–H groups in total. The second-order valence-electron chi connectivity index (χ2n) is 4.81. The molecule has 14 heavy (non-hydrogen) atoms. The molecule has 80 valence electrons. The molecule has 0 radical (unpaired) electrons. The topological polar surface area (TPSA) is 17.1 Å². The fraction of sp³-hybridized carbons (Fsp3) is 0.615. The first kappa shape index (κ1) is 13.2. The minimum Gasteiger partial charge on any atom is -0.298 e. The summed E-state index contributed by atoms with van der Waals surface area (Å²) in [5.41, 5.74) is 1.09. The molecule has 0 amide bonds. The third-order valence-corrected chi connectivity index (χ3v) is 2.75. The molecule has 0 aromatic carbocycles. The van der Waals surface area contributed by atoms with Gasteiger partial charge in [-0.2, -0.15) is 0 Å². The summed E-state index contributed by atoms with van der Waals surface area (Å²) >= 11 is 0. The minimum absolute atomic E-state index is 0.335. The van der Waals surface area contributed by atoms with Crippen molar-refractivity contribution < 1.29 is 4.79 Å². The molecular formula is C13H22O. The van der Waals surface area contributed by atoms with Gasteiger partial charge in [-0.15, -0.1) is 0 Å². The van der Waals surface area contributed by atoms with Gasteiger partial charge in [-0.1, -0.05) is 45.9 Å². The minimum atomic E-state index is 0.335. The van der Waals surface area contributed by atoms with Crippen molar-refractivity contribution in [3.05, 3.63) is 23.8 Å². The summed E-state index contributed by atoms with van der Waals surface area (Å²) in [4.78, 5) is 10.5. The average molecular weight is 194 g/mol. The Morgan fingerprint density at radius 1 is 1.36 bits per heavy atom. The lowest BCUT2D eigenvalue weighted by atomic mass is 9.80. The highest BCUT2D eigenvalue weighted by atomic mass is 16.1. The first-order valence-electron chi connectivity index (χ1n) is 5.19. The van der Waals surface area contributed by atoms with Gasteiger partial charge in [0.1, 0.15) is 6.29 Å². The Labute approximate surface area is 87.9 Å². The highest BCUT2D eigenvalue weighted by molar-refractivity contribution is 5.77. The first-order valence-corrected chi connectivity index (χ1v) is 5.19. The van der Waals surface area contributed by atoms with Crippen LogP contribution in [-0.2, 0) is 4.79 Å². The summed E-state index contributed by atoms with van der Waals surface area (Å²) in [6.45, 7) is 10.8. The third-order valence-electron chi connectivity index (χ3n) is 2.75. The zero-order chi connectivity index (χ0) is 11.2. The molecule has 1 unspecified atom stereocenters. The molecule has 0 aliphatic heterocycles. The Morgan fingerprint density at radius 3 is 2.29 bits per heavy atom. The van der Waals surface area contributed by atoms with E-state index in [-0.39, 0.29) is 0 Å². The molecule has 0 aliphatic carbocycles. The molecule has 1 atom stereocenters. The Balaban J connectivity index is 4.12. The second kappa shape index (κ2) is 5.79. The molecule has 0 rings (SSSR count). The lowest BCUT2D eigenvalue weighted by Gasteiger charge is -2.25. The third kappa shape index (κ3) is 5.00. The van der Waals surface area contributed by atoms with Crippen LogP contribution < -0.4 is 0 Å². The molecule has 0 spiro atoms. The quantitative estimate of drug-likeness (QED) is 0.378. The molecule has 1 nitrogen and oxygen atoms in total. The smallest absolute Gasteiger partial charge is 0.149 e. The fourth-order valence-corrected chi connectivity index (χ4v) is 0.965. The van der Waals surface area contributed by atoms with Crippen molar-refractivity contribution in [3.8, 4) is 0 Å². The maximum absolute atomic E-state index is 10.5. The second-order valence-corrected chi connectivity index (χ2v) is 4.81. The van der Waals surface area contributed by atoms with E-state index in [1.54, 1.807) is 0 Å². The molecule has 0 aromatic heterocycles. The molecular weight excluding hydrogens is 172 g/mol. The van der Waals surface area contributed by atoms with E-state index < -0.39 is 0 Å². The number of carbonyl (C=O) groups is 1. The Kier molecular flexibility index (Phi) is 5.44. The van der Waals surface area contributed by atoms with Gasteiger partial charge in [-0.05, 0) is 24.7 Å². The number of allylic oxidation sites excluding steroid dienone is 4. The molecule has 0 bridgehead atoms. The van der Waals surface area contributed by atoms with Crippen LogP contribution in [0.3, 0.4) is 0 Å². The van der Waals surface area contributed by atoms with Crippen LogP contribution in [0.25, 0.3) is 0 Å². The van der Waals surface area contributed by atoms with E-state index in [0.717, 1.165) is 18.3 Å².